The Labute approximate surface area is 157 Å². The van der Waals surface area contributed by atoms with Crippen molar-refractivity contribution in [2.75, 3.05) is 11.9 Å². The Morgan fingerprint density at radius 3 is 2.68 bits per heavy atom. The van der Waals surface area contributed by atoms with E-state index in [4.69, 9.17) is 4.74 Å². The maximum atomic E-state index is 13.2. The highest BCUT2D eigenvalue weighted by atomic mass is 19.3. The molecular formula is C18H13F2N3O5. The number of para-hydroxylation sites is 1. The molecule has 0 unspecified atom stereocenters. The third-order valence-electron chi connectivity index (χ3n) is 3.99. The van der Waals surface area contributed by atoms with Crippen LogP contribution in [0.4, 0.5) is 19.3 Å². The van der Waals surface area contributed by atoms with E-state index in [2.05, 4.69) is 25.3 Å². The summed E-state index contributed by atoms with van der Waals surface area (Å²) in [6.07, 6.45) is -4.53. The zero-order valence-electron chi connectivity index (χ0n) is 14.2. The lowest BCUT2D eigenvalue weighted by Gasteiger charge is -2.13. The van der Waals surface area contributed by atoms with Crippen LogP contribution in [0.2, 0.25) is 0 Å². The summed E-state index contributed by atoms with van der Waals surface area (Å²) in [5.41, 5.74) is 4.25. The van der Waals surface area contributed by atoms with E-state index in [0.717, 1.165) is 0 Å². The summed E-state index contributed by atoms with van der Waals surface area (Å²) in [6, 6.07) is 11.1. The fourth-order valence-electron chi connectivity index (χ4n) is 2.75. The largest absolute Gasteiger partial charge is 0.586 e. The molecule has 2 aliphatic heterocycles. The third-order valence-corrected chi connectivity index (χ3v) is 3.99. The molecule has 0 radical (unpaired) electrons. The molecule has 0 bridgehead atoms. The number of carbonyl (C=O) groups is 2. The quantitative estimate of drug-likeness (QED) is 0.838. The molecular weight excluding hydrogens is 376 g/mol. The maximum absolute atomic E-state index is 13.2. The molecule has 10 heteroatoms. The molecule has 28 heavy (non-hydrogen) atoms. The average molecular weight is 389 g/mol. The Morgan fingerprint density at radius 1 is 1.18 bits per heavy atom. The van der Waals surface area contributed by atoms with Gasteiger partial charge in [-0.25, -0.2) is 10.2 Å². The van der Waals surface area contributed by atoms with Gasteiger partial charge in [-0.2, -0.15) is 5.10 Å². The fraction of sp³-hybridized carbons (Fsp3) is 0.167. The topological polar surface area (TPSA) is 98.3 Å². The number of hydrogen-bond acceptors (Lipinski definition) is 6. The first kappa shape index (κ1) is 17.7. The zero-order chi connectivity index (χ0) is 19.7. The van der Waals surface area contributed by atoms with Crippen LogP contribution in [0.5, 0.6) is 11.5 Å². The van der Waals surface area contributed by atoms with E-state index >= 15 is 0 Å². The minimum atomic E-state index is -3.74. The van der Waals surface area contributed by atoms with E-state index in [1.54, 1.807) is 24.3 Å². The number of amides is 2. The molecule has 2 N–H and O–H groups in total. The van der Waals surface area contributed by atoms with E-state index in [9.17, 15) is 18.4 Å². The summed E-state index contributed by atoms with van der Waals surface area (Å²) in [5, 5.41) is 6.57. The zero-order valence-corrected chi connectivity index (χ0v) is 14.2. The van der Waals surface area contributed by atoms with Gasteiger partial charge >= 0.3 is 12.4 Å². The molecule has 8 nitrogen and oxygen atoms in total. The van der Waals surface area contributed by atoms with Crippen LogP contribution >= 0.6 is 0 Å². The van der Waals surface area contributed by atoms with E-state index in [0.29, 0.717) is 17.0 Å². The molecule has 2 aromatic carbocycles. The second kappa shape index (κ2) is 6.80. The number of alkyl halides is 2. The molecule has 0 fully saturated rings. The van der Waals surface area contributed by atoms with Crippen molar-refractivity contribution >= 4 is 23.4 Å². The molecule has 0 spiro atoms. The van der Waals surface area contributed by atoms with Crippen molar-refractivity contribution in [3.63, 3.8) is 0 Å². The minimum absolute atomic E-state index is 0.0450. The number of ether oxygens (including phenoxy) is 3. The molecule has 2 aromatic rings. The second-order valence-corrected chi connectivity index (χ2v) is 5.96. The first-order chi connectivity index (χ1) is 13.4. The molecule has 0 aromatic heterocycles. The van der Waals surface area contributed by atoms with Gasteiger partial charge in [0.1, 0.15) is 12.3 Å². The number of anilines is 1. The molecule has 0 atom stereocenters. The normalized spacial score (nSPS) is 16.6. The van der Waals surface area contributed by atoms with Crippen LogP contribution in [-0.2, 0) is 16.0 Å². The number of rotatable bonds is 4. The van der Waals surface area contributed by atoms with Crippen molar-refractivity contribution < 1.29 is 32.6 Å². The maximum Gasteiger partial charge on any atom is 0.586 e. The van der Waals surface area contributed by atoms with Gasteiger partial charge in [0.15, 0.2) is 11.5 Å². The summed E-state index contributed by atoms with van der Waals surface area (Å²) >= 11 is 0. The van der Waals surface area contributed by atoms with Crippen molar-refractivity contribution in [2.45, 2.75) is 12.7 Å². The molecule has 0 saturated carbocycles. The van der Waals surface area contributed by atoms with Crippen molar-refractivity contribution in [3.05, 3.63) is 53.6 Å². The summed E-state index contributed by atoms with van der Waals surface area (Å²) < 4.78 is 40.1. The van der Waals surface area contributed by atoms with Crippen LogP contribution in [0.25, 0.3) is 0 Å². The highest BCUT2D eigenvalue weighted by Gasteiger charge is 2.44. The Hall–Kier alpha value is -3.69. The van der Waals surface area contributed by atoms with E-state index in [-0.39, 0.29) is 30.1 Å². The summed E-state index contributed by atoms with van der Waals surface area (Å²) in [6.45, 7) is 0.0450. The molecule has 0 saturated heterocycles. The Balaban J connectivity index is 1.41. The predicted molar refractivity (Wildman–Crippen MR) is 92.4 cm³/mol. The van der Waals surface area contributed by atoms with E-state index in [1.165, 1.54) is 18.2 Å². The average Bonchev–Trinajstić information content (AvgIpc) is 2.98. The molecule has 4 rings (SSSR count). The van der Waals surface area contributed by atoms with Crippen LogP contribution in [-0.4, -0.2) is 30.6 Å². The number of nitrogens with one attached hydrogen (secondary N) is 2. The van der Waals surface area contributed by atoms with Gasteiger partial charge in [0.05, 0.1) is 6.42 Å². The monoisotopic (exact) mass is 389 g/mol. The van der Waals surface area contributed by atoms with Gasteiger partial charge in [0.2, 0.25) is 5.91 Å². The number of hydrazone groups is 1. The molecule has 0 aliphatic carbocycles. The van der Waals surface area contributed by atoms with Crippen LogP contribution in [0.3, 0.4) is 0 Å². The van der Waals surface area contributed by atoms with Gasteiger partial charge < -0.3 is 19.5 Å². The van der Waals surface area contributed by atoms with Crippen LogP contribution < -0.4 is 20.2 Å². The predicted octanol–water partition coefficient (Wildman–Crippen LogP) is 2.63. The number of carbonyl (C=O) groups excluding carboxylic acids is 2. The van der Waals surface area contributed by atoms with E-state index in [1.807, 2.05) is 0 Å². The second-order valence-electron chi connectivity index (χ2n) is 5.96. The van der Waals surface area contributed by atoms with Crippen molar-refractivity contribution in [1.82, 2.24) is 5.43 Å². The van der Waals surface area contributed by atoms with E-state index < -0.39 is 18.3 Å². The number of halogens is 2. The van der Waals surface area contributed by atoms with Crippen LogP contribution in [0.15, 0.2) is 47.6 Å². The lowest BCUT2D eigenvalue weighted by atomic mass is 10.1. The SMILES string of the molecule is O=C(Cc1cccc2c1OC(F)(F)O2)Nc1ccc(C2=NNC(=O)OC2)cc1. The highest BCUT2D eigenvalue weighted by molar-refractivity contribution is 6.04. The van der Waals surface area contributed by atoms with Crippen LogP contribution in [0.1, 0.15) is 11.1 Å². The van der Waals surface area contributed by atoms with Gasteiger partial charge in [-0.05, 0) is 18.2 Å². The molecule has 144 valence electrons. The first-order valence-electron chi connectivity index (χ1n) is 8.17. The Kier molecular flexibility index (Phi) is 4.30. The van der Waals surface area contributed by atoms with Gasteiger partial charge in [-0.15, -0.1) is 8.78 Å². The summed E-state index contributed by atoms with van der Waals surface area (Å²) in [4.78, 5) is 23.2. The standard InChI is InChI=1S/C18H13F2N3O5/c19-18(20)27-14-3-1-2-11(16(14)28-18)8-15(24)21-12-6-4-10(5-7-12)13-9-26-17(25)23-22-13/h1-7H,8-9H2,(H,21,24)(H,23,25). The third kappa shape index (κ3) is 3.70. The lowest BCUT2D eigenvalue weighted by molar-refractivity contribution is -0.286. The van der Waals surface area contributed by atoms with Gasteiger partial charge in [0, 0.05) is 16.8 Å². The van der Waals surface area contributed by atoms with Crippen molar-refractivity contribution in [2.24, 2.45) is 5.10 Å². The van der Waals surface area contributed by atoms with Crippen molar-refractivity contribution in [3.8, 4) is 11.5 Å². The summed E-state index contributed by atoms with van der Waals surface area (Å²) in [7, 11) is 0. The Morgan fingerprint density at radius 2 is 1.96 bits per heavy atom. The molecule has 2 aliphatic rings. The highest BCUT2D eigenvalue weighted by Crippen LogP contribution is 2.43. The van der Waals surface area contributed by atoms with Gasteiger partial charge in [0.25, 0.3) is 0 Å². The molecule has 2 heterocycles. The summed E-state index contributed by atoms with van der Waals surface area (Å²) in [5.74, 6) is -0.664. The van der Waals surface area contributed by atoms with Gasteiger partial charge in [-0.3, -0.25) is 4.79 Å². The smallest absolute Gasteiger partial charge is 0.442 e. The van der Waals surface area contributed by atoms with Crippen molar-refractivity contribution in [1.29, 1.82) is 0 Å². The van der Waals surface area contributed by atoms with Crippen LogP contribution in [0, 0.1) is 0 Å². The number of nitrogens with zero attached hydrogens (tertiary/aromatic N) is 1. The number of benzene rings is 2. The Bertz CT molecular complexity index is 976. The number of hydrogen-bond donors (Lipinski definition) is 2. The lowest BCUT2D eigenvalue weighted by Crippen LogP contribution is -2.30. The minimum Gasteiger partial charge on any atom is -0.442 e. The first-order valence-corrected chi connectivity index (χ1v) is 8.17. The molecule has 2 amide bonds. The van der Waals surface area contributed by atoms with Gasteiger partial charge in [-0.1, -0.05) is 24.3 Å². The number of fused-ring (bicyclic) bond motifs is 1. The fourth-order valence-corrected chi connectivity index (χ4v) is 2.75. The number of cyclic esters (lactones) is 1.